The molecule has 3 heteroatoms. The SMILES string of the molecule is Cc1ccc(C2=CC(c3ccco3)N(c3ccccc3)N2)cc1. The lowest BCUT2D eigenvalue weighted by molar-refractivity contribution is 0.481. The summed E-state index contributed by atoms with van der Waals surface area (Å²) < 4.78 is 5.65. The van der Waals surface area contributed by atoms with Gasteiger partial charge in [-0.05, 0) is 42.8 Å². The first-order valence-electron chi connectivity index (χ1n) is 7.74. The number of anilines is 1. The Hall–Kier alpha value is -2.94. The second kappa shape index (κ2) is 5.69. The third-order valence-electron chi connectivity index (χ3n) is 4.08. The summed E-state index contributed by atoms with van der Waals surface area (Å²) in [4.78, 5) is 0. The van der Waals surface area contributed by atoms with Crippen molar-refractivity contribution in [2.45, 2.75) is 13.0 Å². The zero-order valence-corrected chi connectivity index (χ0v) is 12.9. The van der Waals surface area contributed by atoms with Gasteiger partial charge in [-0.15, -0.1) is 0 Å². The van der Waals surface area contributed by atoms with Crippen LogP contribution in [0.25, 0.3) is 5.70 Å². The van der Waals surface area contributed by atoms with Gasteiger partial charge in [0.15, 0.2) is 0 Å². The van der Waals surface area contributed by atoms with Gasteiger partial charge in [-0.2, -0.15) is 0 Å². The number of hydrogen-bond donors (Lipinski definition) is 1. The van der Waals surface area contributed by atoms with Crippen molar-refractivity contribution in [3.8, 4) is 0 Å². The van der Waals surface area contributed by atoms with Crippen LogP contribution in [0.4, 0.5) is 5.69 Å². The van der Waals surface area contributed by atoms with Crippen LogP contribution in [-0.4, -0.2) is 0 Å². The molecule has 0 spiro atoms. The molecule has 1 aromatic heterocycles. The van der Waals surface area contributed by atoms with E-state index in [0.717, 1.165) is 17.1 Å². The first-order chi connectivity index (χ1) is 11.3. The molecule has 3 nitrogen and oxygen atoms in total. The van der Waals surface area contributed by atoms with E-state index in [4.69, 9.17) is 4.42 Å². The lowest BCUT2D eigenvalue weighted by atomic mass is 10.1. The minimum atomic E-state index is 0.0312. The zero-order valence-electron chi connectivity index (χ0n) is 12.9. The summed E-state index contributed by atoms with van der Waals surface area (Å²) in [6, 6.07) is 22.8. The highest BCUT2D eigenvalue weighted by Gasteiger charge is 2.28. The standard InChI is InChI=1S/C20H18N2O/c1-15-9-11-16(12-10-15)18-14-19(20-8-5-13-23-20)22(21-18)17-6-3-2-4-7-17/h2-14,19,21H,1H3. The summed E-state index contributed by atoms with van der Waals surface area (Å²) in [5.74, 6) is 0.920. The second-order valence-corrected chi connectivity index (χ2v) is 5.72. The molecule has 1 aliphatic rings. The molecule has 2 aromatic carbocycles. The number of para-hydroxylation sites is 1. The van der Waals surface area contributed by atoms with Gasteiger partial charge < -0.3 is 4.42 Å². The van der Waals surface area contributed by atoms with Crippen LogP contribution >= 0.6 is 0 Å². The summed E-state index contributed by atoms with van der Waals surface area (Å²) in [6.45, 7) is 2.10. The predicted molar refractivity (Wildman–Crippen MR) is 92.7 cm³/mol. The molecular weight excluding hydrogens is 284 g/mol. The number of aryl methyl sites for hydroxylation is 1. The Morgan fingerprint density at radius 1 is 0.913 bits per heavy atom. The lowest BCUT2D eigenvalue weighted by Gasteiger charge is -2.26. The van der Waals surface area contributed by atoms with E-state index in [0.29, 0.717) is 0 Å². The molecule has 2 heterocycles. The van der Waals surface area contributed by atoms with Crippen molar-refractivity contribution >= 4 is 11.4 Å². The van der Waals surface area contributed by atoms with Crippen LogP contribution in [0.15, 0.2) is 83.5 Å². The molecule has 3 aromatic rings. The topological polar surface area (TPSA) is 28.4 Å². The van der Waals surface area contributed by atoms with E-state index in [2.05, 4.69) is 59.8 Å². The fourth-order valence-electron chi connectivity index (χ4n) is 2.85. The van der Waals surface area contributed by atoms with E-state index in [9.17, 15) is 0 Å². The molecule has 0 bridgehead atoms. The van der Waals surface area contributed by atoms with Crippen molar-refractivity contribution in [2.24, 2.45) is 0 Å². The van der Waals surface area contributed by atoms with Gasteiger partial charge in [0.25, 0.3) is 0 Å². The minimum absolute atomic E-state index is 0.0312. The quantitative estimate of drug-likeness (QED) is 0.760. The monoisotopic (exact) mass is 302 g/mol. The van der Waals surface area contributed by atoms with Crippen LogP contribution in [-0.2, 0) is 0 Å². The van der Waals surface area contributed by atoms with Crippen LogP contribution in [0, 0.1) is 6.92 Å². The molecule has 0 radical (unpaired) electrons. The van der Waals surface area contributed by atoms with Gasteiger partial charge in [-0.25, -0.2) is 0 Å². The van der Waals surface area contributed by atoms with Crippen LogP contribution < -0.4 is 10.4 Å². The van der Waals surface area contributed by atoms with Crippen LogP contribution in [0.5, 0.6) is 0 Å². The molecule has 1 aliphatic heterocycles. The summed E-state index contributed by atoms with van der Waals surface area (Å²) >= 11 is 0. The molecule has 1 N–H and O–H groups in total. The summed E-state index contributed by atoms with van der Waals surface area (Å²) in [7, 11) is 0. The highest BCUT2D eigenvalue weighted by molar-refractivity contribution is 5.71. The number of hydrogen-bond acceptors (Lipinski definition) is 3. The van der Waals surface area contributed by atoms with Crippen molar-refractivity contribution in [2.75, 3.05) is 5.01 Å². The van der Waals surface area contributed by atoms with Crippen molar-refractivity contribution < 1.29 is 4.42 Å². The lowest BCUT2D eigenvalue weighted by Crippen LogP contribution is -2.33. The highest BCUT2D eigenvalue weighted by atomic mass is 16.3. The number of nitrogens with one attached hydrogen (secondary N) is 1. The average Bonchev–Trinajstić information content (AvgIpc) is 3.26. The normalized spacial score (nSPS) is 17.0. The molecule has 0 aliphatic carbocycles. The van der Waals surface area contributed by atoms with Crippen LogP contribution in [0.2, 0.25) is 0 Å². The second-order valence-electron chi connectivity index (χ2n) is 5.72. The molecule has 0 saturated heterocycles. The minimum Gasteiger partial charge on any atom is -0.467 e. The number of nitrogens with zero attached hydrogens (tertiary/aromatic N) is 1. The molecule has 0 saturated carbocycles. The van der Waals surface area contributed by atoms with E-state index < -0.39 is 0 Å². The van der Waals surface area contributed by atoms with Crippen molar-refractivity contribution in [1.29, 1.82) is 0 Å². The first kappa shape index (κ1) is 13.7. The molecule has 114 valence electrons. The fourth-order valence-corrected chi connectivity index (χ4v) is 2.85. The van der Waals surface area contributed by atoms with Gasteiger partial charge in [0.05, 0.1) is 17.6 Å². The summed E-state index contributed by atoms with van der Waals surface area (Å²) in [5.41, 5.74) is 8.14. The maximum atomic E-state index is 5.65. The molecular formula is C20H18N2O. The molecule has 0 fully saturated rings. The number of furan rings is 1. The third-order valence-corrected chi connectivity index (χ3v) is 4.08. The largest absolute Gasteiger partial charge is 0.467 e. The molecule has 4 rings (SSSR count). The van der Waals surface area contributed by atoms with Gasteiger partial charge >= 0.3 is 0 Å². The Kier molecular flexibility index (Phi) is 3.39. The highest BCUT2D eigenvalue weighted by Crippen LogP contribution is 2.34. The molecule has 1 atom stereocenters. The van der Waals surface area contributed by atoms with Gasteiger partial charge in [-0.3, -0.25) is 10.4 Å². The van der Waals surface area contributed by atoms with Crippen LogP contribution in [0.1, 0.15) is 22.9 Å². The zero-order chi connectivity index (χ0) is 15.6. The van der Waals surface area contributed by atoms with Gasteiger partial charge in [0, 0.05) is 0 Å². The van der Waals surface area contributed by atoms with Crippen molar-refractivity contribution in [3.05, 3.63) is 96.0 Å². The van der Waals surface area contributed by atoms with E-state index >= 15 is 0 Å². The number of hydrazine groups is 1. The fraction of sp³-hybridized carbons (Fsp3) is 0.100. The molecule has 23 heavy (non-hydrogen) atoms. The third kappa shape index (κ3) is 2.61. The van der Waals surface area contributed by atoms with Gasteiger partial charge in [0.1, 0.15) is 11.8 Å². The predicted octanol–water partition coefficient (Wildman–Crippen LogP) is 4.70. The summed E-state index contributed by atoms with van der Waals surface area (Å²) in [6.07, 6.45) is 3.92. The van der Waals surface area contributed by atoms with Gasteiger partial charge in [0.2, 0.25) is 0 Å². The van der Waals surface area contributed by atoms with Crippen molar-refractivity contribution in [3.63, 3.8) is 0 Å². The maximum Gasteiger partial charge on any atom is 0.132 e. The Morgan fingerprint density at radius 2 is 1.70 bits per heavy atom. The Labute approximate surface area is 135 Å². The number of benzene rings is 2. The van der Waals surface area contributed by atoms with E-state index in [-0.39, 0.29) is 6.04 Å². The van der Waals surface area contributed by atoms with E-state index in [1.807, 2.05) is 30.3 Å². The van der Waals surface area contributed by atoms with Gasteiger partial charge in [-0.1, -0.05) is 48.0 Å². The average molecular weight is 302 g/mol. The number of rotatable bonds is 3. The maximum absolute atomic E-state index is 5.65. The van der Waals surface area contributed by atoms with Crippen molar-refractivity contribution in [1.82, 2.24) is 5.43 Å². The summed E-state index contributed by atoms with van der Waals surface area (Å²) in [5, 5.41) is 2.13. The Bertz CT molecular complexity index is 805. The van der Waals surface area contributed by atoms with E-state index in [1.54, 1.807) is 6.26 Å². The smallest absolute Gasteiger partial charge is 0.132 e. The Balaban J connectivity index is 1.73. The Morgan fingerprint density at radius 3 is 2.39 bits per heavy atom. The molecule has 0 amide bonds. The first-order valence-corrected chi connectivity index (χ1v) is 7.74. The van der Waals surface area contributed by atoms with Crippen LogP contribution in [0.3, 0.4) is 0 Å². The van der Waals surface area contributed by atoms with E-state index in [1.165, 1.54) is 11.1 Å². The molecule has 1 unspecified atom stereocenters.